The largest absolute Gasteiger partial charge is 0.403 e. The Morgan fingerprint density at radius 1 is 0.673 bits per heavy atom. The molecule has 0 bridgehead atoms. The van der Waals surface area contributed by atoms with Crippen LogP contribution in [0.15, 0.2) is 134 Å². The van der Waals surface area contributed by atoms with Crippen molar-refractivity contribution >= 4 is 37.4 Å². The number of hydrogen-bond donors (Lipinski definition) is 0. The van der Waals surface area contributed by atoms with E-state index in [0.717, 1.165) is 25.9 Å². The van der Waals surface area contributed by atoms with Crippen LogP contribution >= 0.6 is 0 Å². The Hall–Kier alpha value is -3.55. The van der Waals surface area contributed by atoms with E-state index < -0.39 is 16.6 Å². The topological polar surface area (TPSA) is 36.9 Å². The van der Waals surface area contributed by atoms with Crippen molar-refractivity contribution in [2.45, 2.75) is 102 Å². The van der Waals surface area contributed by atoms with Crippen LogP contribution in [0.1, 0.15) is 73.6 Å². The standard InChI is InChI=1S/C46H58O4Si2/c1-8-38(49-51(45(2,3)4,40-26-13-9-14-27-40)41-28-15-10-16-29-41)37-39(25-21-23-35-47-44-34-22-24-36-48-44)50-52(46(5,6)7,42-30-17-11-18-31-42)43-32-19-12-20-33-43/h8-20,26-33,38-39,44H,1,22,24-25,34-37H2,2-7H3. The van der Waals surface area contributed by atoms with E-state index >= 15 is 0 Å². The molecule has 4 nitrogen and oxygen atoms in total. The third-order valence-corrected chi connectivity index (χ3v) is 20.4. The van der Waals surface area contributed by atoms with Gasteiger partial charge in [-0.2, -0.15) is 0 Å². The van der Waals surface area contributed by atoms with Crippen molar-refractivity contribution in [3.8, 4) is 11.8 Å². The molecule has 0 radical (unpaired) electrons. The first-order chi connectivity index (χ1) is 25.0. The van der Waals surface area contributed by atoms with E-state index in [0.29, 0.717) is 19.4 Å². The summed E-state index contributed by atoms with van der Waals surface area (Å²) in [7, 11) is -5.78. The normalized spacial score (nSPS) is 16.7. The molecule has 1 aliphatic rings. The lowest BCUT2D eigenvalue weighted by Crippen LogP contribution is -2.68. The molecule has 3 atom stereocenters. The molecule has 0 saturated carbocycles. The second kappa shape index (κ2) is 18.0. The molecule has 1 heterocycles. The predicted molar refractivity (Wildman–Crippen MR) is 222 cm³/mol. The Bertz CT molecular complexity index is 1640. The second-order valence-electron chi connectivity index (χ2n) is 15.9. The van der Waals surface area contributed by atoms with Gasteiger partial charge < -0.3 is 18.3 Å². The van der Waals surface area contributed by atoms with Crippen molar-refractivity contribution in [1.82, 2.24) is 0 Å². The molecule has 0 aliphatic carbocycles. The molecule has 1 fully saturated rings. The average Bonchev–Trinajstić information content (AvgIpc) is 3.16. The number of benzene rings is 4. The van der Waals surface area contributed by atoms with Gasteiger partial charge in [-0.05, 0) is 50.1 Å². The van der Waals surface area contributed by atoms with Gasteiger partial charge in [-0.3, -0.25) is 0 Å². The molecule has 3 unspecified atom stereocenters. The van der Waals surface area contributed by atoms with Gasteiger partial charge in [0.05, 0.1) is 12.2 Å². The first-order valence-corrected chi connectivity index (χ1v) is 22.7. The van der Waals surface area contributed by atoms with Gasteiger partial charge in [0.1, 0.15) is 6.61 Å². The van der Waals surface area contributed by atoms with Gasteiger partial charge in [0.15, 0.2) is 6.29 Å². The number of ether oxygens (including phenoxy) is 2. The maximum atomic E-state index is 7.77. The first kappa shape index (κ1) is 39.7. The fourth-order valence-corrected chi connectivity index (χ4v) is 17.1. The SMILES string of the molecule is C=CC(CC(CC#CCOC1CCCCO1)O[Si](c1ccccc1)(c1ccccc1)C(C)(C)C)O[Si](c1ccccc1)(c1ccccc1)C(C)(C)C. The van der Waals surface area contributed by atoms with Gasteiger partial charge in [-0.1, -0.05) is 181 Å². The lowest BCUT2D eigenvalue weighted by atomic mass is 10.1. The molecule has 1 aliphatic heterocycles. The highest BCUT2D eigenvalue weighted by molar-refractivity contribution is 7.00. The summed E-state index contributed by atoms with van der Waals surface area (Å²) < 4.78 is 27.2. The summed E-state index contributed by atoms with van der Waals surface area (Å²) in [6.45, 7) is 19.4. The van der Waals surface area contributed by atoms with Gasteiger partial charge in [0.25, 0.3) is 16.6 Å². The van der Waals surface area contributed by atoms with E-state index in [9.17, 15) is 0 Å². The van der Waals surface area contributed by atoms with Crippen LogP contribution in [0.25, 0.3) is 0 Å². The molecule has 52 heavy (non-hydrogen) atoms. The quantitative estimate of drug-likeness (QED) is 0.0743. The Balaban J connectivity index is 1.56. The molecule has 0 spiro atoms. The Morgan fingerprint density at radius 2 is 1.12 bits per heavy atom. The van der Waals surface area contributed by atoms with Crippen molar-refractivity contribution in [2.75, 3.05) is 13.2 Å². The van der Waals surface area contributed by atoms with Gasteiger partial charge in [-0.15, -0.1) is 6.58 Å². The molecule has 4 aromatic carbocycles. The summed E-state index contributed by atoms with van der Waals surface area (Å²) in [5.74, 6) is 6.78. The number of hydrogen-bond acceptors (Lipinski definition) is 4. The van der Waals surface area contributed by atoms with E-state index in [1.165, 1.54) is 20.7 Å². The third kappa shape index (κ3) is 9.14. The van der Waals surface area contributed by atoms with E-state index in [4.69, 9.17) is 18.3 Å². The molecule has 5 rings (SSSR count). The summed E-state index contributed by atoms with van der Waals surface area (Å²) in [6.07, 6.45) is 5.56. The predicted octanol–water partition coefficient (Wildman–Crippen LogP) is 8.39. The van der Waals surface area contributed by atoms with Crippen molar-refractivity contribution in [1.29, 1.82) is 0 Å². The van der Waals surface area contributed by atoms with Crippen LogP contribution < -0.4 is 20.7 Å². The third-order valence-electron chi connectivity index (χ3n) is 10.2. The van der Waals surface area contributed by atoms with Gasteiger partial charge in [0, 0.05) is 19.4 Å². The minimum absolute atomic E-state index is 0.169. The highest BCUT2D eigenvalue weighted by Crippen LogP contribution is 2.40. The molecule has 6 heteroatoms. The maximum absolute atomic E-state index is 7.77. The molecular formula is C46H58O4Si2. The van der Waals surface area contributed by atoms with E-state index in [-0.39, 0.29) is 28.6 Å². The zero-order valence-corrected chi connectivity index (χ0v) is 34.1. The fraction of sp³-hybridized carbons (Fsp3) is 0.391. The van der Waals surface area contributed by atoms with Crippen molar-refractivity contribution in [2.24, 2.45) is 0 Å². The molecule has 0 aromatic heterocycles. The van der Waals surface area contributed by atoms with Crippen LogP contribution in [0.4, 0.5) is 0 Å². The molecule has 0 N–H and O–H groups in total. The molecule has 274 valence electrons. The highest BCUT2D eigenvalue weighted by Gasteiger charge is 2.53. The average molecular weight is 731 g/mol. The van der Waals surface area contributed by atoms with Crippen LogP contribution in [0, 0.1) is 11.8 Å². The van der Waals surface area contributed by atoms with Crippen LogP contribution in [-0.4, -0.2) is 48.3 Å². The van der Waals surface area contributed by atoms with E-state index in [1.807, 2.05) is 6.08 Å². The lowest BCUT2D eigenvalue weighted by molar-refractivity contribution is -0.154. The minimum Gasteiger partial charge on any atom is -0.403 e. The van der Waals surface area contributed by atoms with Gasteiger partial charge in [0.2, 0.25) is 0 Å². The number of rotatable bonds is 14. The Kier molecular flexibility index (Phi) is 13.7. The van der Waals surface area contributed by atoms with Crippen molar-refractivity contribution in [3.63, 3.8) is 0 Å². The summed E-state index contributed by atoms with van der Waals surface area (Å²) >= 11 is 0. The smallest absolute Gasteiger partial charge is 0.261 e. The molecule has 4 aromatic rings. The van der Waals surface area contributed by atoms with Gasteiger partial charge in [-0.25, -0.2) is 0 Å². The highest BCUT2D eigenvalue weighted by atomic mass is 28.4. The monoisotopic (exact) mass is 730 g/mol. The zero-order valence-electron chi connectivity index (χ0n) is 32.1. The molecule has 1 saturated heterocycles. The van der Waals surface area contributed by atoms with Crippen molar-refractivity contribution in [3.05, 3.63) is 134 Å². The van der Waals surface area contributed by atoms with Crippen LogP contribution in [0.2, 0.25) is 10.1 Å². The van der Waals surface area contributed by atoms with Gasteiger partial charge >= 0.3 is 0 Å². The van der Waals surface area contributed by atoms with E-state index in [1.54, 1.807) is 0 Å². The summed E-state index contributed by atoms with van der Waals surface area (Å²) in [6, 6.07) is 43.3. The molecule has 0 amide bonds. The maximum Gasteiger partial charge on any atom is 0.261 e. The van der Waals surface area contributed by atoms with Crippen molar-refractivity contribution < 1.29 is 18.3 Å². The second-order valence-corrected chi connectivity index (χ2v) is 24.4. The Labute approximate surface area is 315 Å². The fourth-order valence-electron chi connectivity index (χ4n) is 7.70. The summed E-state index contributed by atoms with van der Waals surface area (Å²) in [5, 5.41) is 4.60. The summed E-state index contributed by atoms with van der Waals surface area (Å²) in [5.41, 5.74) is 0. The molecular weight excluding hydrogens is 673 g/mol. The summed E-state index contributed by atoms with van der Waals surface area (Å²) in [4.78, 5) is 0. The Morgan fingerprint density at radius 3 is 1.50 bits per heavy atom. The zero-order chi connectivity index (χ0) is 37.1. The first-order valence-electron chi connectivity index (χ1n) is 18.9. The van der Waals surface area contributed by atoms with Crippen LogP contribution in [0.5, 0.6) is 0 Å². The minimum atomic E-state index is -2.91. The van der Waals surface area contributed by atoms with Crippen LogP contribution in [0.3, 0.4) is 0 Å². The van der Waals surface area contributed by atoms with E-state index in [2.05, 4.69) is 181 Å². The van der Waals surface area contributed by atoms with Crippen LogP contribution in [-0.2, 0) is 18.3 Å². The lowest BCUT2D eigenvalue weighted by Gasteiger charge is -2.47.